The van der Waals surface area contributed by atoms with Gasteiger partial charge in [-0.3, -0.25) is 20.8 Å². The first-order valence-electron chi connectivity index (χ1n) is 11.0. The number of nitrogens with one attached hydrogen (secondary N) is 2. The minimum absolute atomic E-state index is 0.0357. The first-order valence-corrected chi connectivity index (χ1v) is 11.0. The van der Waals surface area contributed by atoms with Crippen molar-refractivity contribution >= 4 is 5.96 Å². The van der Waals surface area contributed by atoms with Crippen LogP contribution < -0.4 is 22.1 Å². The second kappa shape index (κ2) is 10.5. The molecule has 0 saturated heterocycles. The molecule has 0 aromatic heterocycles. The molecule has 1 saturated carbocycles. The molecule has 8 nitrogen and oxygen atoms in total. The number of guanidine groups is 1. The maximum Gasteiger partial charge on any atom is 0.301 e. The van der Waals surface area contributed by atoms with Gasteiger partial charge in [-0.1, -0.05) is 30.3 Å². The van der Waals surface area contributed by atoms with E-state index in [1.54, 1.807) is 0 Å². The largest absolute Gasteiger partial charge is 0.330 e. The van der Waals surface area contributed by atoms with E-state index < -0.39 is 10.6 Å². The van der Waals surface area contributed by atoms with Crippen molar-refractivity contribution in [3.63, 3.8) is 0 Å². The van der Waals surface area contributed by atoms with Crippen molar-refractivity contribution in [2.45, 2.75) is 57.0 Å². The van der Waals surface area contributed by atoms with Gasteiger partial charge in [-0.05, 0) is 75.3 Å². The van der Waals surface area contributed by atoms with Crippen molar-refractivity contribution in [3.05, 3.63) is 57.9 Å². The highest BCUT2D eigenvalue weighted by Crippen LogP contribution is 2.34. The standard InChI is InChI=1S/C22H34N6O2/c23-15-19-11-9-18(10-12-19)14-22(24)20(28(29)30)16-26-21(27-22)25-13-5-4-8-17-6-2-1-3-7-17/h1-3,6-7,16,18-19H,4-5,8-15,23-24H2,(H2,25,26,27). The number of nitro groups is 1. The summed E-state index contributed by atoms with van der Waals surface area (Å²) in [7, 11) is 0. The molecule has 1 aromatic carbocycles. The van der Waals surface area contributed by atoms with Crippen LogP contribution in [0.25, 0.3) is 0 Å². The molecule has 0 bridgehead atoms. The average molecular weight is 415 g/mol. The van der Waals surface area contributed by atoms with E-state index in [1.165, 1.54) is 11.8 Å². The molecule has 1 atom stereocenters. The molecule has 0 spiro atoms. The molecular formula is C22H34N6O2. The highest BCUT2D eigenvalue weighted by molar-refractivity contribution is 5.83. The number of aryl methyl sites for hydroxylation is 1. The van der Waals surface area contributed by atoms with Crippen molar-refractivity contribution in [3.8, 4) is 0 Å². The fraction of sp³-hybridized carbons (Fsp3) is 0.591. The summed E-state index contributed by atoms with van der Waals surface area (Å²) in [4.78, 5) is 15.7. The molecule has 1 aromatic rings. The van der Waals surface area contributed by atoms with Crippen LogP contribution in [0.5, 0.6) is 0 Å². The van der Waals surface area contributed by atoms with E-state index in [0.29, 0.717) is 37.3 Å². The monoisotopic (exact) mass is 414 g/mol. The second-order valence-electron chi connectivity index (χ2n) is 8.53. The Morgan fingerprint density at radius 1 is 1.13 bits per heavy atom. The maximum atomic E-state index is 11.6. The van der Waals surface area contributed by atoms with Gasteiger partial charge >= 0.3 is 5.70 Å². The third-order valence-corrected chi connectivity index (χ3v) is 6.24. The van der Waals surface area contributed by atoms with Gasteiger partial charge in [0.2, 0.25) is 0 Å². The van der Waals surface area contributed by atoms with Gasteiger partial charge in [0.15, 0.2) is 11.6 Å². The Kier molecular flexibility index (Phi) is 7.81. The number of aliphatic imine (C=N–C) groups is 1. The number of hydrogen-bond donors (Lipinski definition) is 4. The lowest BCUT2D eigenvalue weighted by Crippen LogP contribution is -2.64. The Labute approximate surface area is 178 Å². The fourth-order valence-electron chi connectivity index (χ4n) is 4.44. The summed E-state index contributed by atoms with van der Waals surface area (Å²) in [6.07, 6.45) is 9.05. The molecule has 164 valence electrons. The van der Waals surface area contributed by atoms with Gasteiger partial charge < -0.3 is 16.4 Å². The van der Waals surface area contributed by atoms with Gasteiger partial charge in [-0.25, -0.2) is 0 Å². The van der Waals surface area contributed by atoms with Gasteiger partial charge in [0.1, 0.15) is 0 Å². The smallest absolute Gasteiger partial charge is 0.301 e. The summed E-state index contributed by atoms with van der Waals surface area (Å²) in [6.45, 7) is 1.35. The zero-order valence-corrected chi connectivity index (χ0v) is 17.6. The minimum atomic E-state index is -1.21. The van der Waals surface area contributed by atoms with Crippen molar-refractivity contribution in [1.82, 2.24) is 10.6 Å². The van der Waals surface area contributed by atoms with Gasteiger partial charge in [0.25, 0.3) is 0 Å². The van der Waals surface area contributed by atoms with Crippen LogP contribution in [0.1, 0.15) is 50.5 Å². The predicted octanol–water partition coefficient (Wildman–Crippen LogP) is 2.49. The third-order valence-electron chi connectivity index (χ3n) is 6.24. The van der Waals surface area contributed by atoms with Crippen LogP contribution in [0.2, 0.25) is 0 Å². The first-order chi connectivity index (χ1) is 14.5. The van der Waals surface area contributed by atoms with Crippen molar-refractivity contribution in [2.75, 3.05) is 13.1 Å². The Bertz CT molecular complexity index is 758. The topological polar surface area (TPSA) is 132 Å². The number of benzene rings is 1. The molecule has 6 N–H and O–H groups in total. The fourth-order valence-corrected chi connectivity index (χ4v) is 4.44. The van der Waals surface area contributed by atoms with Crippen molar-refractivity contribution in [2.24, 2.45) is 28.3 Å². The summed E-state index contributed by atoms with van der Waals surface area (Å²) in [6, 6.07) is 10.4. The molecule has 0 radical (unpaired) electrons. The molecule has 1 fully saturated rings. The van der Waals surface area contributed by atoms with Crippen LogP contribution in [0.3, 0.4) is 0 Å². The highest BCUT2D eigenvalue weighted by atomic mass is 16.6. The summed E-state index contributed by atoms with van der Waals surface area (Å²) in [5, 5.41) is 17.6. The van der Waals surface area contributed by atoms with E-state index in [9.17, 15) is 10.1 Å². The predicted molar refractivity (Wildman–Crippen MR) is 119 cm³/mol. The Hall–Kier alpha value is -2.45. The maximum absolute atomic E-state index is 11.6. The molecule has 3 rings (SSSR count). The normalized spacial score (nSPS) is 27.8. The van der Waals surface area contributed by atoms with Crippen LogP contribution in [0, 0.1) is 22.0 Å². The summed E-state index contributed by atoms with van der Waals surface area (Å²) < 4.78 is 0. The zero-order valence-electron chi connectivity index (χ0n) is 17.6. The summed E-state index contributed by atoms with van der Waals surface area (Å²) in [5.41, 5.74) is 12.4. The van der Waals surface area contributed by atoms with Crippen molar-refractivity contribution < 1.29 is 4.92 Å². The third kappa shape index (κ3) is 6.03. The molecule has 1 aliphatic heterocycles. The number of nitrogens with zero attached hydrogens (tertiary/aromatic N) is 2. The molecule has 1 heterocycles. The lowest BCUT2D eigenvalue weighted by atomic mass is 9.77. The van der Waals surface area contributed by atoms with E-state index in [2.05, 4.69) is 27.8 Å². The van der Waals surface area contributed by atoms with E-state index in [-0.39, 0.29) is 5.70 Å². The van der Waals surface area contributed by atoms with Gasteiger partial charge in [-0.2, -0.15) is 0 Å². The van der Waals surface area contributed by atoms with Crippen LogP contribution in [-0.2, 0) is 6.42 Å². The Morgan fingerprint density at radius 3 is 2.50 bits per heavy atom. The molecule has 1 aliphatic carbocycles. The molecule has 2 aliphatic rings. The molecule has 8 heteroatoms. The van der Waals surface area contributed by atoms with Crippen LogP contribution in [-0.4, -0.2) is 29.6 Å². The molecule has 0 amide bonds. The van der Waals surface area contributed by atoms with Crippen LogP contribution >= 0.6 is 0 Å². The highest BCUT2D eigenvalue weighted by Gasteiger charge is 2.44. The van der Waals surface area contributed by atoms with E-state index in [0.717, 1.165) is 44.9 Å². The molecular weight excluding hydrogens is 380 g/mol. The first kappa shape index (κ1) is 22.2. The Balaban J connectivity index is 1.54. The molecule has 1 unspecified atom stereocenters. The van der Waals surface area contributed by atoms with Crippen LogP contribution in [0.4, 0.5) is 0 Å². The Morgan fingerprint density at radius 2 is 1.83 bits per heavy atom. The van der Waals surface area contributed by atoms with Gasteiger partial charge in [-0.15, -0.1) is 0 Å². The lowest BCUT2D eigenvalue weighted by Gasteiger charge is -2.37. The number of unbranched alkanes of at least 4 members (excludes halogenated alkanes) is 1. The van der Waals surface area contributed by atoms with Crippen molar-refractivity contribution in [1.29, 1.82) is 0 Å². The number of nitrogens with two attached hydrogens (primary N) is 2. The van der Waals surface area contributed by atoms with E-state index in [4.69, 9.17) is 11.5 Å². The quantitative estimate of drug-likeness (QED) is 0.279. The van der Waals surface area contributed by atoms with E-state index >= 15 is 0 Å². The van der Waals surface area contributed by atoms with E-state index in [1.807, 2.05) is 18.2 Å². The number of rotatable bonds is 9. The van der Waals surface area contributed by atoms with Gasteiger partial charge in [0, 0.05) is 6.54 Å². The SMILES string of the molecule is NCC1CCC(CC2(N)NC(=NCCCCc3ccccc3)NC=C2[N+](=O)[O-])CC1. The van der Waals surface area contributed by atoms with Gasteiger partial charge in [0.05, 0.1) is 11.1 Å². The average Bonchev–Trinajstić information content (AvgIpc) is 2.74. The summed E-state index contributed by atoms with van der Waals surface area (Å²) >= 11 is 0. The number of hydrogen-bond acceptors (Lipinski definition) is 5. The summed E-state index contributed by atoms with van der Waals surface area (Å²) in [5.74, 6) is 1.42. The minimum Gasteiger partial charge on any atom is -0.330 e. The zero-order chi connectivity index (χ0) is 21.4. The van der Waals surface area contributed by atoms with Crippen LogP contribution in [0.15, 0.2) is 47.2 Å². The lowest BCUT2D eigenvalue weighted by molar-refractivity contribution is -0.437. The molecule has 30 heavy (non-hydrogen) atoms. The second-order valence-corrected chi connectivity index (χ2v) is 8.53.